The number of anilines is 1. The monoisotopic (exact) mass is 316 g/mol. The number of aryl methyl sites for hydroxylation is 1. The first-order chi connectivity index (χ1) is 11.1. The van der Waals surface area contributed by atoms with Crippen molar-refractivity contribution in [3.8, 4) is 0 Å². The number of hydrogen-bond acceptors (Lipinski definition) is 3. The van der Waals surface area contributed by atoms with Gasteiger partial charge in [0, 0.05) is 25.4 Å². The van der Waals surface area contributed by atoms with Gasteiger partial charge in [-0.1, -0.05) is 17.7 Å². The van der Waals surface area contributed by atoms with Gasteiger partial charge in [0.05, 0.1) is 6.04 Å². The predicted molar refractivity (Wildman–Crippen MR) is 92.7 cm³/mol. The first-order valence-electron chi connectivity index (χ1n) is 8.81. The van der Waals surface area contributed by atoms with Gasteiger partial charge >= 0.3 is 0 Å². The minimum Gasteiger partial charge on any atom is -0.381 e. The summed E-state index contributed by atoms with van der Waals surface area (Å²) in [4.78, 5) is 16.9. The second-order valence-electron chi connectivity index (χ2n) is 6.95. The molecule has 0 bridgehead atoms. The molecule has 23 heavy (non-hydrogen) atoms. The molecule has 0 spiro atoms. The van der Waals surface area contributed by atoms with E-state index in [1.165, 1.54) is 24.8 Å². The van der Waals surface area contributed by atoms with Gasteiger partial charge < -0.3 is 9.64 Å². The lowest BCUT2D eigenvalue weighted by Gasteiger charge is -2.27. The van der Waals surface area contributed by atoms with Crippen LogP contribution in [-0.2, 0) is 9.53 Å². The molecular formula is C19H28N2O2. The van der Waals surface area contributed by atoms with Crippen LogP contribution in [0.15, 0.2) is 24.3 Å². The highest BCUT2D eigenvalue weighted by Gasteiger charge is 2.35. The van der Waals surface area contributed by atoms with Crippen LogP contribution >= 0.6 is 0 Å². The molecule has 1 unspecified atom stereocenters. The molecule has 2 aliphatic heterocycles. The summed E-state index contributed by atoms with van der Waals surface area (Å²) in [6.45, 7) is 5.70. The van der Waals surface area contributed by atoms with E-state index in [-0.39, 0.29) is 11.9 Å². The number of hydrogen-bond donors (Lipinski definition) is 0. The normalized spacial score (nSPS) is 23.0. The summed E-state index contributed by atoms with van der Waals surface area (Å²) in [6.07, 6.45) is 4.44. The Morgan fingerprint density at radius 2 is 1.87 bits per heavy atom. The number of amides is 1. The Morgan fingerprint density at radius 3 is 2.57 bits per heavy atom. The van der Waals surface area contributed by atoms with Gasteiger partial charge in [0.15, 0.2) is 0 Å². The van der Waals surface area contributed by atoms with E-state index in [2.05, 4.69) is 43.1 Å². The maximum Gasteiger partial charge on any atom is 0.244 e. The summed E-state index contributed by atoms with van der Waals surface area (Å²) in [5.41, 5.74) is 2.26. The van der Waals surface area contributed by atoms with E-state index in [9.17, 15) is 4.79 Å². The van der Waals surface area contributed by atoms with E-state index in [0.29, 0.717) is 0 Å². The molecule has 2 saturated heterocycles. The molecule has 2 fully saturated rings. The molecule has 1 atom stereocenters. The summed E-state index contributed by atoms with van der Waals surface area (Å²) >= 11 is 0. The molecule has 0 aliphatic carbocycles. The quantitative estimate of drug-likeness (QED) is 0.837. The minimum atomic E-state index is 0.0381. The summed E-state index contributed by atoms with van der Waals surface area (Å²) in [5, 5.41) is 0. The number of nitrogens with zero attached hydrogens (tertiary/aromatic N) is 2. The zero-order valence-corrected chi connectivity index (χ0v) is 14.3. The van der Waals surface area contributed by atoms with Crippen LogP contribution in [0.3, 0.4) is 0 Å². The smallest absolute Gasteiger partial charge is 0.244 e. The number of likely N-dealkylation sites (N-methyl/N-ethyl adjacent to an activating group) is 1. The SMILES string of the molecule is Cc1ccc(N2CCC(N(C)CCC3CCOCC3)C2=O)cc1. The maximum absolute atomic E-state index is 12.7. The summed E-state index contributed by atoms with van der Waals surface area (Å²) in [6, 6.07) is 8.29. The van der Waals surface area contributed by atoms with Crippen LogP contribution in [0.5, 0.6) is 0 Å². The topological polar surface area (TPSA) is 32.8 Å². The van der Waals surface area contributed by atoms with Gasteiger partial charge in [0.1, 0.15) is 0 Å². The first kappa shape index (κ1) is 16.5. The third kappa shape index (κ3) is 3.93. The summed E-state index contributed by atoms with van der Waals surface area (Å²) in [5.74, 6) is 1.01. The predicted octanol–water partition coefficient (Wildman–Crippen LogP) is 2.85. The fraction of sp³-hybridized carbons (Fsp3) is 0.632. The highest BCUT2D eigenvalue weighted by atomic mass is 16.5. The highest BCUT2D eigenvalue weighted by molar-refractivity contribution is 5.99. The molecule has 2 heterocycles. The van der Waals surface area contributed by atoms with Gasteiger partial charge in [-0.2, -0.15) is 0 Å². The molecule has 0 aromatic heterocycles. The second kappa shape index (κ2) is 7.45. The molecule has 1 aromatic rings. The lowest BCUT2D eigenvalue weighted by atomic mass is 9.96. The van der Waals surface area contributed by atoms with E-state index in [4.69, 9.17) is 4.74 Å². The molecule has 0 radical (unpaired) electrons. The van der Waals surface area contributed by atoms with Crippen molar-refractivity contribution >= 4 is 11.6 Å². The van der Waals surface area contributed by atoms with E-state index in [1.54, 1.807) is 0 Å². The Balaban J connectivity index is 1.54. The van der Waals surface area contributed by atoms with Gasteiger partial charge in [-0.25, -0.2) is 0 Å². The van der Waals surface area contributed by atoms with Gasteiger partial charge in [-0.15, -0.1) is 0 Å². The highest BCUT2D eigenvalue weighted by Crippen LogP contribution is 2.25. The second-order valence-corrected chi connectivity index (χ2v) is 6.95. The van der Waals surface area contributed by atoms with Crippen LogP contribution in [0.25, 0.3) is 0 Å². The van der Waals surface area contributed by atoms with Crippen molar-refractivity contribution in [3.63, 3.8) is 0 Å². The van der Waals surface area contributed by atoms with Crippen LogP contribution in [0.4, 0.5) is 5.69 Å². The number of carbonyl (C=O) groups excluding carboxylic acids is 1. The molecule has 0 N–H and O–H groups in total. The van der Waals surface area contributed by atoms with Gasteiger partial charge in [0.25, 0.3) is 0 Å². The van der Waals surface area contributed by atoms with E-state index in [1.807, 2.05) is 4.90 Å². The van der Waals surface area contributed by atoms with E-state index < -0.39 is 0 Å². The van der Waals surface area contributed by atoms with Crippen LogP contribution < -0.4 is 4.90 Å². The van der Waals surface area contributed by atoms with Crippen LogP contribution in [0, 0.1) is 12.8 Å². The van der Waals surface area contributed by atoms with E-state index >= 15 is 0 Å². The molecule has 4 nitrogen and oxygen atoms in total. The largest absolute Gasteiger partial charge is 0.381 e. The van der Waals surface area contributed by atoms with Crippen molar-refractivity contribution in [2.75, 3.05) is 38.3 Å². The number of carbonyl (C=O) groups is 1. The van der Waals surface area contributed by atoms with Gasteiger partial charge in [-0.3, -0.25) is 9.69 Å². The third-order valence-corrected chi connectivity index (χ3v) is 5.29. The lowest BCUT2D eigenvalue weighted by Crippen LogP contribution is -2.40. The van der Waals surface area contributed by atoms with E-state index in [0.717, 1.165) is 44.3 Å². The van der Waals surface area contributed by atoms with Crippen molar-refractivity contribution in [2.45, 2.75) is 38.6 Å². The van der Waals surface area contributed by atoms with Gasteiger partial charge in [0.2, 0.25) is 5.91 Å². The standard InChI is InChI=1S/C19H28N2O2/c1-15-3-5-17(6-4-15)21-12-8-18(19(21)22)20(2)11-7-16-9-13-23-14-10-16/h3-6,16,18H,7-14H2,1-2H3. The van der Waals surface area contributed by atoms with Crippen LogP contribution in [0.1, 0.15) is 31.2 Å². The van der Waals surface area contributed by atoms with Crippen molar-refractivity contribution in [3.05, 3.63) is 29.8 Å². The van der Waals surface area contributed by atoms with Crippen LogP contribution in [-0.4, -0.2) is 50.2 Å². The fourth-order valence-electron chi connectivity index (χ4n) is 3.63. The van der Waals surface area contributed by atoms with Crippen molar-refractivity contribution < 1.29 is 9.53 Å². The Hall–Kier alpha value is -1.39. The molecule has 3 rings (SSSR count). The number of rotatable bonds is 5. The Bertz CT molecular complexity index is 523. The molecular weight excluding hydrogens is 288 g/mol. The molecule has 4 heteroatoms. The van der Waals surface area contributed by atoms with Gasteiger partial charge in [-0.05, 0) is 64.3 Å². The molecule has 2 aliphatic rings. The van der Waals surface area contributed by atoms with Crippen molar-refractivity contribution in [1.82, 2.24) is 4.90 Å². The first-order valence-corrected chi connectivity index (χ1v) is 8.81. The molecule has 1 amide bonds. The zero-order valence-electron chi connectivity index (χ0n) is 14.3. The Morgan fingerprint density at radius 1 is 1.17 bits per heavy atom. The van der Waals surface area contributed by atoms with Crippen molar-refractivity contribution in [1.29, 1.82) is 0 Å². The zero-order chi connectivity index (χ0) is 16.2. The molecule has 0 saturated carbocycles. The average molecular weight is 316 g/mol. The van der Waals surface area contributed by atoms with Crippen LogP contribution in [0.2, 0.25) is 0 Å². The molecule has 1 aromatic carbocycles. The third-order valence-electron chi connectivity index (χ3n) is 5.29. The average Bonchev–Trinajstić information content (AvgIpc) is 2.96. The summed E-state index contributed by atoms with van der Waals surface area (Å²) in [7, 11) is 2.10. The maximum atomic E-state index is 12.7. The minimum absolute atomic E-state index is 0.0381. The molecule has 126 valence electrons. The fourth-order valence-corrected chi connectivity index (χ4v) is 3.63. The Kier molecular flexibility index (Phi) is 5.34. The summed E-state index contributed by atoms with van der Waals surface area (Å²) < 4.78 is 5.42. The van der Waals surface area contributed by atoms with Crippen molar-refractivity contribution in [2.24, 2.45) is 5.92 Å². The lowest BCUT2D eigenvalue weighted by molar-refractivity contribution is -0.121. The number of ether oxygens (including phenoxy) is 1. The number of benzene rings is 1. The Labute approximate surface area is 139 Å².